The predicted octanol–water partition coefficient (Wildman–Crippen LogP) is 13.5. The molecule has 12 heteroatoms. The average Bonchev–Trinajstić information content (AvgIpc) is 4.33. The van der Waals surface area contributed by atoms with Crippen molar-refractivity contribution in [3.05, 3.63) is 174 Å². The Morgan fingerprint density at radius 1 is 0.325 bits per heavy atom. The Morgan fingerprint density at radius 2 is 0.562 bits per heavy atom. The molecule has 0 saturated heterocycles. The Bertz CT molecular complexity index is 2850. The van der Waals surface area contributed by atoms with Crippen molar-refractivity contribution >= 4 is 46.4 Å². The van der Waals surface area contributed by atoms with Crippen LogP contribution < -0.4 is 18.3 Å². The van der Waals surface area contributed by atoms with Crippen LogP contribution in [-0.2, 0) is 45.1 Å². The molecule has 0 aromatic carbocycles. The van der Waals surface area contributed by atoms with E-state index in [9.17, 15) is 0 Å². The summed E-state index contributed by atoms with van der Waals surface area (Å²) in [4.78, 5) is 19.4. The van der Waals surface area contributed by atoms with Gasteiger partial charge < -0.3 is 58.6 Å². The van der Waals surface area contributed by atoms with Gasteiger partial charge in [-0.25, -0.2) is 9.97 Å². The molecule has 2 N–H and O–H groups in total. The van der Waals surface area contributed by atoms with Gasteiger partial charge >= 0.3 is 0 Å². The van der Waals surface area contributed by atoms with Crippen molar-refractivity contribution < 1.29 is 37.2 Å². The summed E-state index contributed by atoms with van der Waals surface area (Å²) in [5.74, 6) is 0. The smallest absolute Gasteiger partial charge is 0.216 e. The fourth-order valence-electron chi connectivity index (χ4n) is 9.92. The van der Waals surface area contributed by atoms with Crippen LogP contribution in [0.25, 0.3) is 91.4 Å². The molecule has 426 valence electrons. The van der Waals surface area contributed by atoms with Crippen LogP contribution in [-0.4, -0.2) is 72.8 Å². The van der Waals surface area contributed by atoms with Gasteiger partial charge in [0, 0.05) is 75.0 Å². The van der Waals surface area contributed by atoms with Crippen molar-refractivity contribution in [2.24, 2.45) is 0 Å². The Kier molecular flexibility index (Phi) is 26.3. The van der Waals surface area contributed by atoms with Crippen molar-refractivity contribution in [1.82, 2.24) is 19.9 Å². The first kappa shape index (κ1) is 63.9. The van der Waals surface area contributed by atoms with Crippen LogP contribution in [0.3, 0.4) is 0 Å². The first-order chi connectivity index (χ1) is 37.6. The Hall–Kier alpha value is -6.96. The predicted molar refractivity (Wildman–Crippen MR) is 330 cm³/mol. The van der Waals surface area contributed by atoms with E-state index in [1.807, 2.05) is 0 Å². The summed E-state index contributed by atoms with van der Waals surface area (Å²) >= 11 is 0. The number of nitrogens with one attached hydrogen (secondary N) is 2. The highest BCUT2D eigenvalue weighted by atomic mass is 16.5. The highest BCUT2D eigenvalue weighted by Gasteiger charge is 2.28. The van der Waals surface area contributed by atoms with Gasteiger partial charge in [-0.3, -0.25) is 0 Å². The van der Waals surface area contributed by atoms with E-state index < -0.39 is 0 Å². The molecule has 0 fully saturated rings. The molecular formula is C68H90N8O4. The van der Waals surface area contributed by atoms with Crippen molar-refractivity contribution in [2.45, 2.75) is 105 Å². The van der Waals surface area contributed by atoms with Crippen LogP contribution in [0.4, 0.5) is 0 Å². The van der Waals surface area contributed by atoms with Crippen LogP contribution in [0.2, 0.25) is 0 Å². The van der Waals surface area contributed by atoms with Crippen LogP contribution in [0.15, 0.2) is 122 Å². The van der Waals surface area contributed by atoms with E-state index in [4.69, 9.17) is 28.9 Å². The number of pyridine rings is 4. The molecular weight excluding hydrogens is 993 g/mol. The summed E-state index contributed by atoms with van der Waals surface area (Å²) < 4.78 is 33.9. The highest BCUT2D eigenvalue weighted by molar-refractivity contribution is 5.97. The average molecular weight is 1080 g/mol. The largest absolute Gasteiger partial charge is 0.375 e. The van der Waals surface area contributed by atoms with Crippen LogP contribution >= 0.6 is 0 Å². The van der Waals surface area contributed by atoms with E-state index >= 15 is 0 Å². The lowest BCUT2D eigenvalue weighted by molar-refractivity contribution is -0.688. The van der Waals surface area contributed by atoms with Crippen LogP contribution in [0, 0.1) is 29.7 Å². The number of ether oxygens (including phenoxy) is 4. The number of aromatic amines is 2. The molecule has 7 aromatic heterocycles. The summed E-state index contributed by atoms with van der Waals surface area (Å²) in [5, 5.41) is 0. The molecule has 0 spiro atoms. The Balaban J connectivity index is 0.00000294. The lowest BCUT2D eigenvalue weighted by Crippen LogP contribution is -2.38. The van der Waals surface area contributed by atoms with Crippen LogP contribution in [0.1, 0.15) is 102 Å². The van der Waals surface area contributed by atoms with E-state index in [1.54, 1.807) is 0 Å². The molecule has 0 atom stereocenters. The van der Waals surface area contributed by atoms with E-state index in [0.717, 1.165) is 168 Å². The molecule has 0 unspecified atom stereocenters. The Labute approximate surface area is 478 Å². The second kappa shape index (κ2) is 33.0. The maximum Gasteiger partial charge on any atom is 0.216 e. The summed E-state index contributed by atoms with van der Waals surface area (Å²) in [6.07, 6.45) is 25.8. The van der Waals surface area contributed by atoms with Crippen molar-refractivity contribution in [2.75, 3.05) is 52.9 Å². The lowest BCUT2D eigenvalue weighted by Gasteiger charge is -2.08. The standard InChI is InChI=1S/C64H77N8O4.4CH3/c1-5-9-41-73-45-37-69-33-17-13-21-57(69)61-49-25-27-51(65-49)62(58-22-14-18-34-70(58)38-46-74-42-10-6-2)53-29-31-55(67-53)64(60-24-16-20-36-72(60)40-48-76-44-12-8-4)56-32-30-54(68-56)63(52-28-26-50(61)66-52)59-23-15-19-35-71(59)39-47-75-43-11-7-3;;;;/h13-36H,5-12,37-48H2,1-4H3,(H,65,66,67,68);4*1H3/q+3;4*-1/p+1. The Morgan fingerprint density at radius 3 is 0.787 bits per heavy atom. The van der Waals surface area contributed by atoms with Crippen molar-refractivity contribution in [3.63, 3.8) is 0 Å². The number of hydrogen-bond donors (Lipinski definition) is 2. The second-order valence-corrected chi connectivity index (χ2v) is 19.5. The SMILES string of the molecule is CCCCOCC[n+]1ccccc1-c1c2nc(c(-c3cccc[n+]3CCOCCCC)c3ccc([nH]3)c(-c3cccc[n+]3CCOCCCC)c3nc(c(-c4cccc[n+]4CCOCCCC)c4ccc1[nH]4)C=C3)C=C2.[CH3-].[CH3-].[CH3-].[CH3-]. The van der Waals surface area contributed by atoms with Gasteiger partial charge in [0.05, 0.1) is 67.1 Å². The summed E-state index contributed by atoms with van der Waals surface area (Å²) in [6.45, 7) is 16.9. The van der Waals surface area contributed by atoms with E-state index in [1.165, 1.54) is 0 Å². The molecule has 9 heterocycles. The van der Waals surface area contributed by atoms with Crippen molar-refractivity contribution in [1.29, 1.82) is 0 Å². The third-order valence-electron chi connectivity index (χ3n) is 14.0. The molecule has 80 heavy (non-hydrogen) atoms. The van der Waals surface area contributed by atoms with Crippen molar-refractivity contribution in [3.8, 4) is 45.0 Å². The molecule has 0 amide bonds. The number of H-pyrrole nitrogens is 2. The van der Waals surface area contributed by atoms with Gasteiger partial charge in [0.25, 0.3) is 0 Å². The number of fused-ring (bicyclic) bond motifs is 8. The monoisotopic (exact) mass is 1080 g/mol. The van der Waals surface area contributed by atoms with Crippen LogP contribution in [0.5, 0.6) is 0 Å². The summed E-state index contributed by atoms with van der Waals surface area (Å²) in [5.41, 5.74) is 15.2. The van der Waals surface area contributed by atoms with Gasteiger partial charge in [-0.15, -0.1) is 0 Å². The van der Waals surface area contributed by atoms with E-state index in [-0.39, 0.29) is 29.7 Å². The number of unbranched alkanes of at least 4 members (excludes halogenated alkanes) is 4. The molecule has 7 aromatic rings. The molecule has 8 bridgehead atoms. The fourth-order valence-corrected chi connectivity index (χ4v) is 9.92. The molecule has 2 aliphatic heterocycles. The minimum atomic E-state index is 0. The zero-order valence-corrected chi connectivity index (χ0v) is 49.3. The van der Waals surface area contributed by atoms with Gasteiger partial charge in [0.2, 0.25) is 22.8 Å². The number of hydrogen-bond acceptors (Lipinski definition) is 6. The number of rotatable bonds is 28. The minimum absolute atomic E-state index is 0. The van der Waals surface area contributed by atoms with E-state index in [0.29, 0.717) is 52.6 Å². The van der Waals surface area contributed by atoms with Gasteiger partial charge in [-0.2, -0.15) is 18.3 Å². The quantitative estimate of drug-likeness (QED) is 0.0287. The topological polar surface area (TPSA) is 110 Å². The molecule has 0 aliphatic carbocycles. The third-order valence-corrected chi connectivity index (χ3v) is 14.0. The maximum atomic E-state index is 6.18. The zero-order valence-electron chi connectivity index (χ0n) is 49.3. The molecule has 2 aliphatic rings. The molecule has 0 saturated carbocycles. The lowest BCUT2D eigenvalue weighted by atomic mass is 10.1. The van der Waals surface area contributed by atoms with Gasteiger partial charge in [0.1, 0.15) is 26.4 Å². The minimum Gasteiger partial charge on any atom is -0.375 e. The summed E-state index contributed by atoms with van der Waals surface area (Å²) in [7, 11) is 0. The number of nitrogens with zero attached hydrogens (tertiary/aromatic N) is 6. The first-order valence-corrected chi connectivity index (χ1v) is 28.0. The van der Waals surface area contributed by atoms with Gasteiger partial charge in [0.15, 0.2) is 51.0 Å². The van der Waals surface area contributed by atoms with Gasteiger partial charge in [-0.1, -0.05) is 53.4 Å². The first-order valence-electron chi connectivity index (χ1n) is 28.0. The number of aromatic nitrogens is 8. The normalized spacial score (nSPS) is 11.4. The molecule has 0 radical (unpaired) electrons. The second-order valence-electron chi connectivity index (χ2n) is 19.5. The summed E-state index contributed by atoms with van der Waals surface area (Å²) in [6, 6.07) is 34.5. The van der Waals surface area contributed by atoms with E-state index in [2.05, 4.69) is 202 Å². The fraction of sp³-hybridized carbons (Fsp3) is 0.353. The maximum absolute atomic E-state index is 6.18. The molecule has 12 nitrogen and oxygen atoms in total. The zero-order chi connectivity index (χ0) is 52.3. The third kappa shape index (κ3) is 15.7. The molecule has 9 rings (SSSR count). The highest BCUT2D eigenvalue weighted by Crippen LogP contribution is 2.37. The van der Waals surface area contributed by atoms with Gasteiger partial charge in [-0.05, 0) is 98.5 Å².